The maximum atomic E-state index is 9.71. The van der Waals surface area contributed by atoms with Gasteiger partial charge >= 0.3 is 0 Å². The van der Waals surface area contributed by atoms with Crippen LogP contribution in [0.2, 0.25) is 5.02 Å². The molecule has 0 amide bonds. The minimum Gasteiger partial charge on any atom is -0.508 e. The predicted molar refractivity (Wildman–Crippen MR) is 59.7 cm³/mol. The van der Waals surface area contributed by atoms with Crippen LogP contribution in [0.15, 0.2) is 18.7 Å². The molecule has 3 N–H and O–H groups in total. The largest absolute Gasteiger partial charge is 0.508 e. The summed E-state index contributed by atoms with van der Waals surface area (Å²) in [6.45, 7) is 7.28. The third kappa shape index (κ3) is 1.76. The molecule has 76 valence electrons. The van der Waals surface area contributed by atoms with Crippen LogP contribution < -0.4 is 5.73 Å². The first-order valence-electron chi connectivity index (χ1n) is 4.35. The molecule has 14 heavy (non-hydrogen) atoms. The molecule has 3 heteroatoms. The zero-order chi connectivity index (χ0) is 10.9. The lowest BCUT2D eigenvalue weighted by molar-refractivity contribution is 0.464. The van der Waals surface area contributed by atoms with Gasteiger partial charge in [0.25, 0.3) is 0 Å². The Kier molecular flexibility index (Phi) is 3.19. The Bertz CT molecular complexity index is 374. The minimum atomic E-state index is -0.381. The highest BCUT2D eigenvalue weighted by molar-refractivity contribution is 6.32. The molecule has 0 saturated heterocycles. The number of aromatic hydroxyl groups is 1. The molecule has 0 radical (unpaired) electrons. The Morgan fingerprint density at radius 3 is 2.64 bits per heavy atom. The summed E-state index contributed by atoms with van der Waals surface area (Å²) in [7, 11) is 0. The molecule has 1 aromatic rings. The normalized spacial score (nSPS) is 12.6. The molecular weight excluding hydrogens is 198 g/mol. The molecule has 0 aliphatic rings. The summed E-state index contributed by atoms with van der Waals surface area (Å²) in [5.74, 6) is 0.178. The van der Waals surface area contributed by atoms with Crippen molar-refractivity contribution in [2.75, 3.05) is 0 Å². The van der Waals surface area contributed by atoms with Gasteiger partial charge in [0, 0.05) is 10.6 Å². The second-order valence-electron chi connectivity index (χ2n) is 3.33. The first-order valence-corrected chi connectivity index (χ1v) is 4.73. The van der Waals surface area contributed by atoms with Crippen molar-refractivity contribution in [1.29, 1.82) is 0 Å². The maximum Gasteiger partial charge on any atom is 0.121 e. The van der Waals surface area contributed by atoms with Crippen LogP contribution in [0.1, 0.15) is 22.7 Å². The Hall–Kier alpha value is -0.990. The molecule has 0 fully saturated rings. The van der Waals surface area contributed by atoms with Gasteiger partial charge in [0.2, 0.25) is 0 Å². The van der Waals surface area contributed by atoms with Crippen molar-refractivity contribution in [3.05, 3.63) is 40.4 Å². The molecule has 0 heterocycles. The molecule has 0 saturated carbocycles. The average Bonchev–Trinajstić information content (AvgIpc) is 2.14. The minimum absolute atomic E-state index is 0.178. The molecule has 0 aliphatic heterocycles. The van der Waals surface area contributed by atoms with Crippen LogP contribution in [0.4, 0.5) is 0 Å². The smallest absolute Gasteiger partial charge is 0.121 e. The molecular formula is C11H14ClNO. The zero-order valence-electron chi connectivity index (χ0n) is 8.34. The highest BCUT2D eigenvalue weighted by Gasteiger charge is 2.15. The van der Waals surface area contributed by atoms with E-state index in [1.807, 2.05) is 13.8 Å². The molecule has 0 aliphatic carbocycles. The molecule has 1 aromatic carbocycles. The van der Waals surface area contributed by atoms with Gasteiger partial charge in [0.15, 0.2) is 0 Å². The third-order valence-electron chi connectivity index (χ3n) is 2.30. The summed E-state index contributed by atoms with van der Waals surface area (Å²) >= 11 is 6.05. The van der Waals surface area contributed by atoms with Gasteiger partial charge in [0.1, 0.15) is 5.75 Å². The van der Waals surface area contributed by atoms with Crippen molar-refractivity contribution < 1.29 is 5.11 Å². The fraction of sp³-hybridized carbons (Fsp3) is 0.273. The van der Waals surface area contributed by atoms with Gasteiger partial charge in [-0.15, -0.1) is 6.58 Å². The van der Waals surface area contributed by atoms with Crippen molar-refractivity contribution in [2.24, 2.45) is 5.73 Å². The van der Waals surface area contributed by atoms with Crippen LogP contribution in [0.5, 0.6) is 5.75 Å². The lowest BCUT2D eigenvalue weighted by atomic mass is 9.98. The fourth-order valence-corrected chi connectivity index (χ4v) is 1.65. The van der Waals surface area contributed by atoms with E-state index >= 15 is 0 Å². The first kappa shape index (κ1) is 11.1. The van der Waals surface area contributed by atoms with E-state index in [4.69, 9.17) is 17.3 Å². The van der Waals surface area contributed by atoms with Gasteiger partial charge in [-0.05, 0) is 31.0 Å². The van der Waals surface area contributed by atoms with Crippen LogP contribution in [-0.2, 0) is 0 Å². The van der Waals surface area contributed by atoms with E-state index in [9.17, 15) is 5.11 Å². The van der Waals surface area contributed by atoms with Crippen LogP contribution in [0, 0.1) is 13.8 Å². The second-order valence-corrected chi connectivity index (χ2v) is 3.70. The highest BCUT2D eigenvalue weighted by atomic mass is 35.5. The summed E-state index contributed by atoms with van der Waals surface area (Å²) < 4.78 is 0. The Labute approximate surface area is 89.0 Å². The van der Waals surface area contributed by atoms with Crippen molar-refractivity contribution in [1.82, 2.24) is 0 Å². The van der Waals surface area contributed by atoms with E-state index < -0.39 is 0 Å². The highest BCUT2D eigenvalue weighted by Crippen LogP contribution is 2.34. The Morgan fingerprint density at radius 1 is 1.57 bits per heavy atom. The molecule has 0 aromatic heterocycles. The van der Waals surface area contributed by atoms with E-state index in [1.54, 1.807) is 12.1 Å². The van der Waals surface area contributed by atoms with E-state index in [-0.39, 0.29) is 11.8 Å². The van der Waals surface area contributed by atoms with Gasteiger partial charge in [0.05, 0.1) is 6.04 Å². The molecule has 1 rings (SSSR count). The number of halogens is 1. The van der Waals surface area contributed by atoms with Gasteiger partial charge in [-0.2, -0.15) is 0 Å². The SMILES string of the molecule is C=C[C@H](N)c1c(O)cc(C)c(Cl)c1C. The average molecular weight is 212 g/mol. The van der Waals surface area contributed by atoms with Crippen LogP contribution in [0.25, 0.3) is 0 Å². The van der Waals surface area contributed by atoms with Crippen LogP contribution in [-0.4, -0.2) is 5.11 Å². The quantitative estimate of drug-likeness (QED) is 0.739. The summed E-state index contributed by atoms with van der Waals surface area (Å²) in [5.41, 5.74) is 8.09. The van der Waals surface area contributed by atoms with Gasteiger partial charge in [-0.3, -0.25) is 0 Å². The maximum absolute atomic E-state index is 9.71. The predicted octanol–water partition coefficient (Wildman–Crippen LogP) is 2.85. The summed E-state index contributed by atoms with van der Waals surface area (Å²) in [5, 5.41) is 10.4. The monoisotopic (exact) mass is 211 g/mol. The van der Waals surface area contributed by atoms with E-state index in [2.05, 4.69) is 6.58 Å². The summed E-state index contributed by atoms with van der Waals surface area (Å²) in [6.07, 6.45) is 1.58. The van der Waals surface area contributed by atoms with Crippen molar-refractivity contribution >= 4 is 11.6 Å². The number of hydrogen-bond donors (Lipinski definition) is 2. The van der Waals surface area contributed by atoms with Crippen molar-refractivity contribution in [2.45, 2.75) is 19.9 Å². The Balaban J connectivity index is 3.43. The lowest BCUT2D eigenvalue weighted by Crippen LogP contribution is -2.09. The number of phenols is 1. The standard InChI is InChI=1S/C11H14ClNO/c1-4-8(13)10-7(3)11(12)6(2)5-9(10)14/h4-5,8,14H,1,13H2,2-3H3/t8-/m0/s1. The zero-order valence-corrected chi connectivity index (χ0v) is 9.10. The van der Waals surface area contributed by atoms with Crippen molar-refractivity contribution in [3.63, 3.8) is 0 Å². The number of rotatable bonds is 2. The number of aryl methyl sites for hydroxylation is 1. The summed E-state index contributed by atoms with van der Waals surface area (Å²) in [6, 6.07) is 1.24. The fourth-order valence-electron chi connectivity index (χ4n) is 1.49. The molecule has 1 atom stereocenters. The molecule has 2 nitrogen and oxygen atoms in total. The number of phenolic OH excluding ortho intramolecular Hbond substituents is 1. The Morgan fingerprint density at radius 2 is 2.14 bits per heavy atom. The molecule has 0 spiro atoms. The van der Waals surface area contributed by atoms with E-state index in [1.165, 1.54) is 0 Å². The molecule has 0 unspecified atom stereocenters. The van der Waals surface area contributed by atoms with E-state index in [0.29, 0.717) is 10.6 Å². The third-order valence-corrected chi connectivity index (χ3v) is 2.88. The summed E-state index contributed by atoms with van der Waals surface area (Å²) in [4.78, 5) is 0. The lowest BCUT2D eigenvalue weighted by Gasteiger charge is -2.15. The number of nitrogens with two attached hydrogens (primary N) is 1. The number of hydrogen-bond acceptors (Lipinski definition) is 2. The van der Waals surface area contributed by atoms with Crippen LogP contribution >= 0.6 is 11.6 Å². The van der Waals surface area contributed by atoms with Gasteiger partial charge in [-0.1, -0.05) is 17.7 Å². The van der Waals surface area contributed by atoms with Crippen molar-refractivity contribution in [3.8, 4) is 5.75 Å². The number of benzene rings is 1. The van der Waals surface area contributed by atoms with Gasteiger partial charge < -0.3 is 10.8 Å². The van der Waals surface area contributed by atoms with E-state index in [0.717, 1.165) is 11.1 Å². The topological polar surface area (TPSA) is 46.2 Å². The first-order chi connectivity index (χ1) is 6.49. The second kappa shape index (κ2) is 4.03. The van der Waals surface area contributed by atoms with Crippen LogP contribution in [0.3, 0.4) is 0 Å². The molecule has 0 bridgehead atoms. The van der Waals surface area contributed by atoms with Gasteiger partial charge in [-0.25, -0.2) is 0 Å².